The second-order valence-electron chi connectivity index (χ2n) is 1.03. The molecule has 0 aromatic rings. The number of nitrogens with one attached hydrogen (secondary N) is 1. The summed E-state index contributed by atoms with van der Waals surface area (Å²) in [6, 6.07) is 0. The fourth-order valence-electron chi connectivity index (χ4n) is 0.274. The fraction of sp³-hybridized carbons (Fsp3) is 1.00. The number of hydroxylamine groups is 1. The highest BCUT2D eigenvalue weighted by Gasteiger charge is 2.07. The topological polar surface area (TPSA) is 36.7 Å². The Balaban J connectivity index is 2.18. The van der Waals surface area contributed by atoms with Gasteiger partial charge in [0.2, 0.25) is 12.2 Å². The van der Waals surface area contributed by atoms with Gasteiger partial charge in [0, 0.05) is 0 Å². The molecular formula is C2H5NO2S. The molecule has 1 atom stereocenters. The van der Waals surface area contributed by atoms with E-state index in [9.17, 15) is 5.21 Å². The Labute approximate surface area is 40.2 Å². The monoisotopic (exact) mass is 107 g/mol. The number of hydrogen-bond donors (Lipinski definition) is 1. The Morgan fingerprint density at radius 2 is 2.67 bits per heavy atom. The number of quaternary nitrogens is 1. The van der Waals surface area contributed by atoms with Gasteiger partial charge in [-0.05, 0) is 0 Å². The first kappa shape index (κ1) is 4.39. The van der Waals surface area contributed by atoms with Gasteiger partial charge in [0.05, 0.1) is 0 Å². The predicted molar refractivity (Wildman–Crippen MR) is 22.7 cm³/mol. The van der Waals surface area contributed by atoms with Crippen molar-refractivity contribution >= 4 is 12.2 Å². The van der Waals surface area contributed by atoms with E-state index in [4.69, 9.17) is 0 Å². The Morgan fingerprint density at radius 3 is 2.83 bits per heavy atom. The van der Waals surface area contributed by atoms with Crippen molar-refractivity contribution < 1.29 is 8.65 Å². The van der Waals surface area contributed by atoms with E-state index in [1.165, 1.54) is 0 Å². The Kier molecular flexibility index (Phi) is 1.31. The quantitative estimate of drug-likeness (QED) is 0.244. The van der Waals surface area contributed by atoms with E-state index in [2.05, 4.69) is 4.18 Å². The minimum absolute atomic E-state index is 0.148. The van der Waals surface area contributed by atoms with Crippen molar-refractivity contribution in [3.8, 4) is 0 Å². The van der Waals surface area contributed by atoms with E-state index in [-0.39, 0.29) is 4.47 Å². The van der Waals surface area contributed by atoms with Crippen molar-refractivity contribution in [2.45, 2.75) is 0 Å². The summed E-state index contributed by atoms with van der Waals surface area (Å²) < 4.78 is 4.77. The summed E-state index contributed by atoms with van der Waals surface area (Å²) in [6.45, 7) is 1.19. The lowest BCUT2D eigenvalue weighted by Gasteiger charge is -2.04. The minimum Gasteiger partial charge on any atom is -0.620 e. The first-order chi connectivity index (χ1) is 2.89. The molecule has 0 saturated carbocycles. The fourth-order valence-corrected chi connectivity index (χ4v) is 0.739. The molecule has 1 aliphatic heterocycles. The number of hydrogen-bond acceptors (Lipinski definition) is 3. The van der Waals surface area contributed by atoms with Crippen LogP contribution in [0.5, 0.6) is 0 Å². The van der Waals surface area contributed by atoms with Crippen LogP contribution < -0.4 is 4.47 Å². The standard InChI is InChI=1S/C2H5NO2S/c4-3-1-2-5-6-3/h3H,1-2H2. The van der Waals surface area contributed by atoms with Crippen molar-refractivity contribution in [2.75, 3.05) is 13.2 Å². The third-order valence-electron chi connectivity index (χ3n) is 0.541. The van der Waals surface area contributed by atoms with Crippen molar-refractivity contribution in [1.29, 1.82) is 0 Å². The van der Waals surface area contributed by atoms with E-state index in [1.54, 1.807) is 0 Å². The molecule has 0 spiro atoms. The van der Waals surface area contributed by atoms with Crippen molar-refractivity contribution in [3.63, 3.8) is 0 Å². The van der Waals surface area contributed by atoms with Crippen LogP contribution in [0.15, 0.2) is 0 Å². The van der Waals surface area contributed by atoms with Crippen molar-refractivity contribution in [1.82, 2.24) is 0 Å². The molecule has 1 N–H and O–H groups in total. The second kappa shape index (κ2) is 1.79. The maximum Gasteiger partial charge on any atom is 0.246 e. The van der Waals surface area contributed by atoms with Crippen LogP contribution in [0, 0.1) is 5.21 Å². The van der Waals surface area contributed by atoms with Crippen LogP contribution >= 0.6 is 12.2 Å². The van der Waals surface area contributed by atoms with Crippen molar-refractivity contribution in [2.24, 2.45) is 0 Å². The third-order valence-corrected chi connectivity index (χ3v) is 1.22. The highest BCUT2D eigenvalue weighted by Crippen LogP contribution is 1.92. The summed E-state index contributed by atoms with van der Waals surface area (Å²) in [5.41, 5.74) is 0. The lowest BCUT2D eigenvalue weighted by molar-refractivity contribution is -0.685. The smallest absolute Gasteiger partial charge is 0.246 e. The zero-order chi connectivity index (χ0) is 4.41. The van der Waals surface area contributed by atoms with E-state index >= 15 is 0 Å². The average molecular weight is 107 g/mol. The van der Waals surface area contributed by atoms with E-state index in [1.807, 2.05) is 0 Å². The molecule has 0 amide bonds. The zero-order valence-electron chi connectivity index (χ0n) is 3.14. The van der Waals surface area contributed by atoms with Gasteiger partial charge in [-0.25, -0.2) is 0 Å². The van der Waals surface area contributed by atoms with Crippen LogP contribution in [0.4, 0.5) is 0 Å². The molecule has 1 saturated heterocycles. The molecule has 1 heterocycles. The molecule has 0 aromatic heterocycles. The van der Waals surface area contributed by atoms with Gasteiger partial charge in [-0.1, -0.05) is 0 Å². The van der Waals surface area contributed by atoms with Gasteiger partial charge < -0.3 is 5.21 Å². The summed E-state index contributed by atoms with van der Waals surface area (Å²) in [5.74, 6) is 0. The third kappa shape index (κ3) is 0.844. The average Bonchev–Trinajstić information content (AvgIpc) is 1.86. The molecular weight excluding hydrogens is 102 g/mol. The molecule has 4 heteroatoms. The van der Waals surface area contributed by atoms with Gasteiger partial charge in [-0.15, -0.1) is 0 Å². The summed E-state index contributed by atoms with van der Waals surface area (Å²) in [4.78, 5) is 0. The molecule has 1 unspecified atom stereocenters. The molecule has 1 fully saturated rings. The molecule has 0 bridgehead atoms. The highest BCUT2D eigenvalue weighted by atomic mass is 32.2. The van der Waals surface area contributed by atoms with Gasteiger partial charge >= 0.3 is 0 Å². The molecule has 36 valence electrons. The lowest BCUT2D eigenvalue weighted by atomic mass is 10.8. The van der Waals surface area contributed by atoms with Gasteiger partial charge in [-0.3, -0.25) is 8.65 Å². The Bertz CT molecular complexity index is 44.8. The first-order valence-corrected chi connectivity index (χ1v) is 2.46. The molecule has 0 aromatic carbocycles. The normalized spacial score (nSPS) is 34.5. The molecule has 0 radical (unpaired) electrons. The van der Waals surface area contributed by atoms with E-state index in [0.29, 0.717) is 13.2 Å². The Hall–Kier alpha value is 0.230. The van der Waals surface area contributed by atoms with Crippen LogP contribution in [0.1, 0.15) is 0 Å². The predicted octanol–water partition coefficient (Wildman–Crippen LogP) is -1.04. The number of rotatable bonds is 0. The maximum absolute atomic E-state index is 10.1. The van der Waals surface area contributed by atoms with Crippen LogP contribution in [-0.2, 0) is 4.18 Å². The first-order valence-electron chi connectivity index (χ1n) is 1.72. The van der Waals surface area contributed by atoms with E-state index in [0.717, 1.165) is 12.2 Å². The zero-order valence-corrected chi connectivity index (χ0v) is 3.96. The largest absolute Gasteiger partial charge is 0.620 e. The van der Waals surface area contributed by atoms with Crippen LogP contribution in [0.3, 0.4) is 0 Å². The molecule has 1 aliphatic rings. The van der Waals surface area contributed by atoms with Crippen LogP contribution in [-0.4, -0.2) is 13.2 Å². The summed E-state index contributed by atoms with van der Waals surface area (Å²) in [6.07, 6.45) is 0. The lowest BCUT2D eigenvalue weighted by Crippen LogP contribution is -2.98. The Morgan fingerprint density at radius 1 is 1.83 bits per heavy atom. The molecule has 1 rings (SSSR count). The molecule has 3 nitrogen and oxygen atoms in total. The van der Waals surface area contributed by atoms with Crippen LogP contribution in [0.25, 0.3) is 0 Å². The van der Waals surface area contributed by atoms with E-state index < -0.39 is 0 Å². The minimum atomic E-state index is 0.148. The highest BCUT2D eigenvalue weighted by molar-refractivity contribution is 7.88. The summed E-state index contributed by atoms with van der Waals surface area (Å²) in [5, 5.41) is 10.1. The maximum atomic E-state index is 10.1. The summed E-state index contributed by atoms with van der Waals surface area (Å²) >= 11 is 0.958. The van der Waals surface area contributed by atoms with Crippen LogP contribution in [0.2, 0.25) is 0 Å². The molecule has 6 heavy (non-hydrogen) atoms. The van der Waals surface area contributed by atoms with Gasteiger partial charge in [-0.2, -0.15) is 0 Å². The molecule has 0 aliphatic carbocycles. The van der Waals surface area contributed by atoms with Crippen molar-refractivity contribution in [3.05, 3.63) is 5.21 Å². The van der Waals surface area contributed by atoms with Gasteiger partial charge in [0.25, 0.3) is 0 Å². The SMILES string of the molecule is [O-][NH+]1CCOS1. The van der Waals surface area contributed by atoms with Gasteiger partial charge in [0.1, 0.15) is 13.2 Å². The summed E-state index contributed by atoms with van der Waals surface area (Å²) in [7, 11) is 0. The van der Waals surface area contributed by atoms with Gasteiger partial charge in [0.15, 0.2) is 0 Å². The second-order valence-corrected chi connectivity index (χ2v) is 1.89.